The van der Waals surface area contributed by atoms with Crippen molar-refractivity contribution in [3.05, 3.63) is 33.8 Å². The zero-order valence-electron chi connectivity index (χ0n) is 11.7. The van der Waals surface area contributed by atoms with E-state index >= 15 is 0 Å². The van der Waals surface area contributed by atoms with Gasteiger partial charge in [0.25, 0.3) is 0 Å². The van der Waals surface area contributed by atoms with Crippen LogP contribution in [0.3, 0.4) is 0 Å². The molecule has 18 heavy (non-hydrogen) atoms. The van der Waals surface area contributed by atoms with E-state index in [-0.39, 0.29) is 6.04 Å². The zero-order chi connectivity index (χ0) is 13.3. The summed E-state index contributed by atoms with van der Waals surface area (Å²) in [6.45, 7) is 6.56. The molecule has 0 heterocycles. The van der Waals surface area contributed by atoms with Crippen molar-refractivity contribution in [1.82, 2.24) is 0 Å². The second-order valence-corrected chi connectivity index (χ2v) is 6.41. The van der Waals surface area contributed by atoms with Crippen LogP contribution in [0, 0.1) is 25.7 Å². The minimum absolute atomic E-state index is 0.101. The first kappa shape index (κ1) is 13.9. The molecule has 2 N–H and O–H groups in total. The van der Waals surface area contributed by atoms with Gasteiger partial charge in [-0.2, -0.15) is 0 Å². The van der Waals surface area contributed by atoms with E-state index in [0.29, 0.717) is 5.92 Å². The summed E-state index contributed by atoms with van der Waals surface area (Å²) < 4.78 is 0. The lowest BCUT2D eigenvalue weighted by Crippen LogP contribution is -2.25. The molecular formula is C16H24ClN. The van der Waals surface area contributed by atoms with E-state index in [4.69, 9.17) is 17.3 Å². The fraction of sp³-hybridized carbons (Fsp3) is 0.625. The fourth-order valence-corrected chi connectivity index (χ4v) is 3.30. The number of hydrogen-bond donors (Lipinski definition) is 1. The highest BCUT2D eigenvalue weighted by atomic mass is 35.5. The first-order valence-electron chi connectivity index (χ1n) is 7.01. The Morgan fingerprint density at radius 2 is 1.67 bits per heavy atom. The summed E-state index contributed by atoms with van der Waals surface area (Å²) in [4.78, 5) is 0. The summed E-state index contributed by atoms with van der Waals surface area (Å²) in [5.41, 5.74) is 10.1. The molecule has 0 saturated heterocycles. The van der Waals surface area contributed by atoms with Gasteiger partial charge in [-0.1, -0.05) is 37.4 Å². The second-order valence-electron chi connectivity index (χ2n) is 6.00. The van der Waals surface area contributed by atoms with E-state index in [1.807, 2.05) is 0 Å². The average Bonchev–Trinajstić information content (AvgIpc) is 2.34. The van der Waals surface area contributed by atoms with Crippen LogP contribution in [0.5, 0.6) is 0 Å². The summed E-state index contributed by atoms with van der Waals surface area (Å²) in [5.74, 6) is 1.46. The molecule has 1 aromatic rings. The molecule has 1 aromatic carbocycles. The van der Waals surface area contributed by atoms with Gasteiger partial charge >= 0.3 is 0 Å². The van der Waals surface area contributed by atoms with E-state index < -0.39 is 0 Å². The minimum atomic E-state index is 0.101. The van der Waals surface area contributed by atoms with Crippen molar-refractivity contribution in [2.24, 2.45) is 17.6 Å². The molecule has 1 aliphatic carbocycles. The number of hydrogen-bond acceptors (Lipinski definition) is 1. The smallest absolute Gasteiger partial charge is 0.0456 e. The molecule has 1 unspecified atom stereocenters. The maximum absolute atomic E-state index is 6.45. The lowest BCUT2D eigenvalue weighted by molar-refractivity contribution is 0.256. The van der Waals surface area contributed by atoms with Crippen molar-refractivity contribution in [2.75, 3.05) is 0 Å². The van der Waals surface area contributed by atoms with Crippen LogP contribution >= 0.6 is 11.6 Å². The van der Waals surface area contributed by atoms with E-state index in [1.54, 1.807) is 0 Å². The molecule has 1 saturated carbocycles. The van der Waals surface area contributed by atoms with Gasteiger partial charge in [0.2, 0.25) is 0 Å². The van der Waals surface area contributed by atoms with Crippen molar-refractivity contribution in [2.45, 2.75) is 52.5 Å². The summed E-state index contributed by atoms with van der Waals surface area (Å²) in [5, 5.41) is 0.837. The topological polar surface area (TPSA) is 26.0 Å². The lowest BCUT2D eigenvalue weighted by atomic mass is 9.77. The lowest BCUT2D eigenvalue weighted by Gasteiger charge is -2.31. The highest BCUT2D eigenvalue weighted by molar-refractivity contribution is 6.31. The molecule has 2 heteroatoms. The normalized spacial score (nSPS) is 26.1. The molecule has 0 bridgehead atoms. The van der Waals surface area contributed by atoms with Crippen LogP contribution in [0.15, 0.2) is 12.1 Å². The number of halogens is 1. The Bertz CT molecular complexity index is 419. The summed E-state index contributed by atoms with van der Waals surface area (Å²) in [6.07, 6.45) is 5.10. The molecule has 2 rings (SSSR count). The van der Waals surface area contributed by atoms with Crippen LogP contribution in [0.4, 0.5) is 0 Å². The van der Waals surface area contributed by atoms with Gasteiger partial charge in [0.05, 0.1) is 0 Å². The zero-order valence-corrected chi connectivity index (χ0v) is 12.4. The molecule has 0 amide bonds. The Morgan fingerprint density at radius 3 is 2.28 bits per heavy atom. The van der Waals surface area contributed by atoms with E-state index in [0.717, 1.165) is 16.5 Å². The Morgan fingerprint density at radius 1 is 1.11 bits per heavy atom. The largest absolute Gasteiger partial charge is 0.324 e. The molecule has 0 aromatic heterocycles. The Balaban J connectivity index is 2.18. The van der Waals surface area contributed by atoms with Crippen LogP contribution in [-0.2, 0) is 0 Å². The molecule has 1 aliphatic rings. The average molecular weight is 266 g/mol. The number of nitrogens with two attached hydrogens (primary N) is 1. The molecular weight excluding hydrogens is 242 g/mol. The standard InChI is InChI=1S/C16H24ClN/c1-10-4-6-13(7-5-10)16(18)14-8-11(2)12(3)9-15(14)17/h8-10,13,16H,4-7,18H2,1-3H3. The van der Waals surface area contributed by atoms with Gasteiger partial charge in [0.15, 0.2) is 0 Å². The first-order chi connectivity index (χ1) is 8.49. The predicted octanol–water partition coefficient (Wildman–Crippen LogP) is 4.78. The first-order valence-corrected chi connectivity index (χ1v) is 7.39. The molecule has 100 valence electrons. The molecule has 0 radical (unpaired) electrons. The Hall–Kier alpha value is -0.530. The highest BCUT2D eigenvalue weighted by Crippen LogP contribution is 2.38. The predicted molar refractivity (Wildman–Crippen MR) is 79.0 cm³/mol. The van der Waals surface area contributed by atoms with Crippen LogP contribution in [0.25, 0.3) is 0 Å². The van der Waals surface area contributed by atoms with Gasteiger partial charge in [-0.05, 0) is 61.3 Å². The van der Waals surface area contributed by atoms with Gasteiger partial charge in [-0.15, -0.1) is 0 Å². The quantitative estimate of drug-likeness (QED) is 0.818. The van der Waals surface area contributed by atoms with Gasteiger partial charge in [0.1, 0.15) is 0 Å². The van der Waals surface area contributed by atoms with Gasteiger partial charge < -0.3 is 5.73 Å². The third kappa shape index (κ3) is 2.89. The maximum Gasteiger partial charge on any atom is 0.0456 e. The van der Waals surface area contributed by atoms with Crippen molar-refractivity contribution in [1.29, 1.82) is 0 Å². The monoisotopic (exact) mass is 265 g/mol. The van der Waals surface area contributed by atoms with E-state index in [9.17, 15) is 0 Å². The van der Waals surface area contributed by atoms with Crippen LogP contribution in [0.2, 0.25) is 5.02 Å². The van der Waals surface area contributed by atoms with Crippen molar-refractivity contribution < 1.29 is 0 Å². The minimum Gasteiger partial charge on any atom is -0.324 e. The summed E-state index contributed by atoms with van der Waals surface area (Å²) in [7, 11) is 0. The Kier molecular flexibility index (Phi) is 4.34. The summed E-state index contributed by atoms with van der Waals surface area (Å²) >= 11 is 6.36. The third-order valence-corrected chi connectivity index (χ3v) is 4.87. The molecule has 1 atom stereocenters. The molecule has 0 spiro atoms. The number of aryl methyl sites for hydroxylation is 2. The fourth-order valence-electron chi connectivity index (χ4n) is 2.96. The second kappa shape index (κ2) is 5.63. The van der Waals surface area contributed by atoms with Crippen LogP contribution in [0.1, 0.15) is 55.3 Å². The maximum atomic E-state index is 6.45. The van der Waals surface area contributed by atoms with Gasteiger partial charge in [-0.25, -0.2) is 0 Å². The molecule has 0 aliphatic heterocycles. The van der Waals surface area contributed by atoms with E-state index in [1.165, 1.54) is 36.8 Å². The molecule has 1 nitrogen and oxygen atoms in total. The SMILES string of the molecule is Cc1cc(Cl)c(C(N)C2CCC(C)CC2)cc1C. The summed E-state index contributed by atoms with van der Waals surface area (Å²) in [6, 6.07) is 4.34. The van der Waals surface area contributed by atoms with Crippen LogP contribution < -0.4 is 5.73 Å². The number of benzene rings is 1. The van der Waals surface area contributed by atoms with E-state index in [2.05, 4.69) is 32.9 Å². The van der Waals surface area contributed by atoms with Crippen molar-refractivity contribution in [3.63, 3.8) is 0 Å². The highest BCUT2D eigenvalue weighted by Gasteiger charge is 2.26. The van der Waals surface area contributed by atoms with Gasteiger partial charge in [0, 0.05) is 11.1 Å². The molecule has 1 fully saturated rings. The van der Waals surface area contributed by atoms with Gasteiger partial charge in [-0.3, -0.25) is 0 Å². The third-order valence-electron chi connectivity index (χ3n) is 4.54. The van der Waals surface area contributed by atoms with Crippen molar-refractivity contribution >= 4 is 11.6 Å². The number of rotatable bonds is 2. The van der Waals surface area contributed by atoms with Crippen molar-refractivity contribution in [3.8, 4) is 0 Å². The Labute approximate surface area is 116 Å². The van der Waals surface area contributed by atoms with Crippen LogP contribution in [-0.4, -0.2) is 0 Å².